The van der Waals surface area contributed by atoms with Crippen molar-refractivity contribution in [1.82, 2.24) is 25.8 Å². The minimum Gasteiger partial charge on any atom is -0.497 e. The second-order valence-electron chi connectivity index (χ2n) is 10.2. The van der Waals surface area contributed by atoms with Crippen molar-refractivity contribution in [3.63, 3.8) is 0 Å². The van der Waals surface area contributed by atoms with E-state index in [1.54, 1.807) is 36.4 Å². The van der Waals surface area contributed by atoms with E-state index in [9.17, 15) is 19.2 Å². The Morgan fingerprint density at radius 1 is 1.10 bits per heavy atom. The van der Waals surface area contributed by atoms with Gasteiger partial charge < -0.3 is 29.6 Å². The van der Waals surface area contributed by atoms with Crippen LogP contribution in [0, 0.1) is 0 Å². The number of furan rings is 1. The topological polar surface area (TPSA) is 133 Å². The van der Waals surface area contributed by atoms with Gasteiger partial charge in [-0.15, -0.1) is 0 Å². The molecular formula is C28H29N5O6. The first-order valence-corrected chi connectivity index (χ1v) is 13.0. The number of imide groups is 1. The molecule has 11 nitrogen and oxygen atoms in total. The van der Waals surface area contributed by atoms with Crippen LogP contribution in [0.1, 0.15) is 44.9 Å². The molecule has 2 aromatic carbocycles. The molecule has 202 valence electrons. The summed E-state index contributed by atoms with van der Waals surface area (Å²) in [5.74, 6) is -0.381. The first-order chi connectivity index (χ1) is 18.9. The smallest absolute Gasteiger partial charge is 0.322 e. The van der Waals surface area contributed by atoms with Gasteiger partial charge in [-0.3, -0.25) is 19.7 Å². The predicted octanol–water partition coefficient (Wildman–Crippen LogP) is 1.96. The number of fused-ring (bicyclic) bond motifs is 2. The zero-order valence-corrected chi connectivity index (χ0v) is 21.5. The molecule has 1 aromatic heterocycles. The molecule has 0 radical (unpaired) electrons. The zero-order valence-electron chi connectivity index (χ0n) is 21.5. The summed E-state index contributed by atoms with van der Waals surface area (Å²) >= 11 is 0. The summed E-state index contributed by atoms with van der Waals surface area (Å²) in [6.07, 6.45) is 2.39. The number of nitrogens with one attached hydrogen (secondary N) is 3. The van der Waals surface area contributed by atoms with E-state index < -0.39 is 17.5 Å². The van der Waals surface area contributed by atoms with Crippen molar-refractivity contribution < 1.29 is 28.3 Å². The van der Waals surface area contributed by atoms with Gasteiger partial charge in [0.2, 0.25) is 0 Å². The maximum Gasteiger partial charge on any atom is 0.322 e. The molecule has 4 heterocycles. The Hall–Kier alpha value is -4.38. The number of nitrogens with zero attached hydrogens (tertiary/aromatic N) is 2. The highest BCUT2D eigenvalue weighted by Crippen LogP contribution is 2.35. The molecule has 3 aromatic rings. The molecule has 5 amide bonds. The van der Waals surface area contributed by atoms with Gasteiger partial charge in [-0.25, -0.2) is 4.79 Å². The number of likely N-dealkylation sites (tertiary alicyclic amines) is 1. The summed E-state index contributed by atoms with van der Waals surface area (Å²) in [5, 5.41) is 8.57. The van der Waals surface area contributed by atoms with Crippen LogP contribution < -0.4 is 20.7 Å². The quantitative estimate of drug-likeness (QED) is 0.379. The van der Waals surface area contributed by atoms with Crippen molar-refractivity contribution in [2.24, 2.45) is 0 Å². The lowest BCUT2D eigenvalue weighted by Crippen LogP contribution is -2.52. The monoisotopic (exact) mass is 531 g/mol. The number of carbonyl (C=O) groups is 4. The third-order valence-corrected chi connectivity index (χ3v) is 7.68. The molecule has 1 atom stereocenters. The molecule has 3 aliphatic heterocycles. The Morgan fingerprint density at radius 3 is 2.67 bits per heavy atom. The number of carbonyl (C=O) groups excluding carboxylic acids is 4. The van der Waals surface area contributed by atoms with Crippen molar-refractivity contribution in [3.8, 4) is 5.75 Å². The van der Waals surface area contributed by atoms with Crippen molar-refractivity contribution >= 4 is 34.7 Å². The summed E-state index contributed by atoms with van der Waals surface area (Å²) in [7, 11) is 1.53. The van der Waals surface area contributed by atoms with Crippen molar-refractivity contribution in [2.45, 2.75) is 24.9 Å². The molecule has 0 bridgehead atoms. The van der Waals surface area contributed by atoms with Gasteiger partial charge >= 0.3 is 6.03 Å². The molecule has 0 aliphatic carbocycles. The first-order valence-electron chi connectivity index (χ1n) is 13.0. The minimum absolute atomic E-state index is 0.135. The second kappa shape index (κ2) is 9.73. The number of methoxy groups -OCH3 is 1. The number of rotatable bonds is 8. The van der Waals surface area contributed by atoms with Crippen molar-refractivity contribution in [1.29, 1.82) is 0 Å². The van der Waals surface area contributed by atoms with E-state index in [2.05, 4.69) is 20.9 Å². The molecular weight excluding hydrogens is 502 g/mol. The lowest BCUT2D eigenvalue weighted by atomic mass is 9.95. The molecule has 0 spiro atoms. The third kappa shape index (κ3) is 4.48. The van der Waals surface area contributed by atoms with Gasteiger partial charge in [0.15, 0.2) is 5.54 Å². The number of urea groups is 1. The summed E-state index contributed by atoms with van der Waals surface area (Å²) in [4.78, 5) is 55.3. The normalized spacial score (nSPS) is 20.8. The fourth-order valence-corrected chi connectivity index (χ4v) is 5.55. The number of ether oxygens (including phenoxy) is 1. The minimum atomic E-state index is -1.63. The van der Waals surface area contributed by atoms with Crippen LogP contribution in [0.15, 0.2) is 46.9 Å². The average Bonchev–Trinajstić information content (AvgIpc) is 3.71. The van der Waals surface area contributed by atoms with Gasteiger partial charge in [0.05, 0.1) is 13.7 Å². The highest BCUT2D eigenvalue weighted by Gasteiger charge is 2.53. The molecule has 3 aliphatic rings. The summed E-state index contributed by atoms with van der Waals surface area (Å²) in [6, 6.07) is 11.3. The third-order valence-electron chi connectivity index (χ3n) is 7.68. The Bertz CT molecular complexity index is 1490. The van der Waals surface area contributed by atoms with Crippen LogP contribution >= 0.6 is 0 Å². The lowest BCUT2D eigenvalue weighted by Gasteiger charge is -2.29. The Morgan fingerprint density at radius 2 is 1.92 bits per heavy atom. The van der Waals surface area contributed by atoms with E-state index in [4.69, 9.17) is 9.15 Å². The second-order valence-corrected chi connectivity index (χ2v) is 10.2. The highest BCUT2D eigenvalue weighted by atomic mass is 16.5. The molecule has 2 fully saturated rings. The predicted molar refractivity (Wildman–Crippen MR) is 140 cm³/mol. The Kier molecular flexibility index (Phi) is 6.22. The largest absolute Gasteiger partial charge is 0.497 e. The van der Waals surface area contributed by atoms with Crippen LogP contribution in [0.4, 0.5) is 4.79 Å². The first kappa shape index (κ1) is 24.9. The van der Waals surface area contributed by atoms with Crippen LogP contribution in [-0.4, -0.2) is 73.4 Å². The van der Waals surface area contributed by atoms with Crippen LogP contribution in [0.3, 0.4) is 0 Å². The maximum atomic E-state index is 13.2. The Balaban J connectivity index is 1.25. The molecule has 0 saturated carbocycles. The number of amides is 5. The van der Waals surface area contributed by atoms with Gasteiger partial charge in [-0.2, -0.15) is 0 Å². The van der Waals surface area contributed by atoms with Crippen molar-refractivity contribution in [3.05, 3.63) is 64.9 Å². The van der Waals surface area contributed by atoms with E-state index >= 15 is 0 Å². The van der Waals surface area contributed by atoms with Crippen LogP contribution in [-0.2, 0) is 16.9 Å². The number of hydrogen-bond donors (Lipinski definition) is 3. The van der Waals surface area contributed by atoms with Crippen molar-refractivity contribution in [2.75, 3.05) is 39.8 Å². The van der Waals surface area contributed by atoms with Gasteiger partial charge in [0, 0.05) is 36.1 Å². The average molecular weight is 532 g/mol. The van der Waals surface area contributed by atoms with Gasteiger partial charge in [-0.05, 0) is 61.8 Å². The standard InChI is InChI=1S/C28H29N5O6/c1-38-20-7-6-19-15-33(25(35)21(19)14-20)16-28(26(36)30-27(37)31-28)23-13-17-4-5-18(12-22(17)39-23)24(34)29-8-11-32-9-2-3-10-32/h4-7,12-14H,2-3,8-11,15-16H2,1H3,(H,29,34)(H2,30,31,36,37)/t28-/m0/s1. The zero-order chi connectivity index (χ0) is 27.1. The fraction of sp³-hybridized carbons (Fsp3) is 0.357. The Labute approximate surface area is 224 Å². The summed E-state index contributed by atoms with van der Waals surface area (Å²) in [6.45, 7) is 3.61. The molecule has 6 rings (SSSR count). The van der Waals surface area contributed by atoms with Gasteiger partial charge in [0.1, 0.15) is 17.1 Å². The number of benzene rings is 2. The van der Waals surface area contributed by atoms with E-state index in [-0.39, 0.29) is 30.7 Å². The SMILES string of the molecule is COc1ccc2c(c1)C(=O)N(C[C@@]1(c3cc4ccc(C(=O)NCCN5CCCC5)cc4o3)NC(=O)NC1=O)C2. The van der Waals surface area contributed by atoms with E-state index in [1.165, 1.54) is 24.9 Å². The summed E-state index contributed by atoms with van der Waals surface area (Å²) < 4.78 is 11.3. The summed E-state index contributed by atoms with van der Waals surface area (Å²) in [5.41, 5.74) is 0.477. The molecule has 3 N–H and O–H groups in total. The van der Waals surface area contributed by atoms with Crippen LogP contribution in [0.2, 0.25) is 0 Å². The maximum absolute atomic E-state index is 13.2. The van der Waals surface area contributed by atoms with Crippen LogP contribution in [0.25, 0.3) is 11.0 Å². The highest BCUT2D eigenvalue weighted by molar-refractivity contribution is 6.08. The van der Waals surface area contributed by atoms with E-state index in [0.29, 0.717) is 34.4 Å². The van der Waals surface area contributed by atoms with Gasteiger partial charge in [0.25, 0.3) is 17.7 Å². The molecule has 39 heavy (non-hydrogen) atoms. The van der Waals surface area contributed by atoms with Gasteiger partial charge in [-0.1, -0.05) is 12.1 Å². The molecule has 11 heteroatoms. The van der Waals surface area contributed by atoms with E-state index in [0.717, 1.165) is 25.2 Å². The van der Waals surface area contributed by atoms with Crippen LogP contribution in [0.5, 0.6) is 5.75 Å². The molecule has 2 saturated heterocycles. The fourth-order valence-electron chi connectivity index (χ4n) is 5.55. The molecule has 0 unspecified atom stereocenters. The number of hydrogen-bond acceptors (Lipinski definition) is 7. The lowest BCUT2D eigenvalue weighted by molar-refractivity contribution is -0.125. The van der Waals surface area contributed by atoms with E-state index in [1.807, 2.05) is 6.07 Å².